The maximum atomic E-state index is 12.2. The molecule has 1 aliphatic rings. The van der Waals surface area contributed by atoms with Crippen LogP contribution in [0.4, 0.5) is 0 Å². The molecule has 2 heterocycles. The van der Waals surface area contributed by atoms with E-state index in [1.807, 2.05) is 13.8 Å². The fraction of sp³-hybridized carbons (Fsp3) is 0.714. The fourth-order valence-electron chi connectivity index (χ4n) is 2.60. The Morgan fingerprint density at radius 3 is 2.70 bits per heavy atom. The number of hydrogen-bond acceptors (Lipinski definition) is 3. The van der Waals surface area contributed by atoms with Crippen LogP contribution in [-0.4, -0.2) is 46.8 Å². The number of amides is 1. The molecule has 0 unspecified atom stereocenters. The number of hydrogen-bond donors (Lipinski definition) is 1. The summed E-state index contributed by atoms with van der Waals surface area (Å²) in [5.41, 5.74) is 1.18. The third kappa shape index (κ3) is 3.52. The molecule has 1 saturated heterocycles. The van der Waals surface area contributed by atoms with Crippen molar-refractivity contribution in [3.8, 4) is 0 Å². The molecule has 1 amide bonds. The second kappa shape index (κ2) is 7.09. The third-order valence-electron chi connectivity index (χ3n) is 3.73. The first-order valence-corrected chi connectivity index (χ1v) is 7.74. The van der Waals surface area contributed by atoms with Crippen molar-refractivity contribution >= 4 is 17.5 Å². The summed E-state index contributed by atoms with van der Waals surface area (Å²) in [7, 11) is 0. The van der Waals surface area contributed by atoms with Crippen molar-refractivity contribution in [2.24, 2.45) is 0 Å². The third-order valence-corrected chi connectivity index (χ3v) is 4.18. The molecule has 2 rings (SSSR count). The highest BCUT2D eigenvalue weighted by molar-refractivity contribution is 6.34. The molecule has 112 valence electrons. The zero-order chi connectivity index (χ0) is 14.5. The average Bonchev–Trinajstić information content (AvgIpc) is 2.75. The Kier molecular flexibility index (Phi) is 5.43. The van der Waals surface area contributed by atoms with Gasteiger partial charge in [-0.3, -0.25) is 9.48 Å². The molecule has 0 aliphatic carbocycles. The van der Waals surface area contributed by atoms with Crippen molar-refractivity contribution in [2.75, 3.05) is 26.2 Å². The van der Waals surface area contributed by atoms with E-state index in [9.17, 15) is 4.79 Å². The van der Waals surface area contributed by atoms with Gasteiger partial charge in [0.25, 0.3) is 5.91 Å². The van der Waals surface area contributed by atoms with Crippen LogP contribution in [0.3, 0.4) is 0 Å². The minimum absolute atomic E-state index is 0.130. The van der Waals surface area contributed by atoms with Crippen molar-refractivity contribution in [1.29, 1.82) is 0 Å². The summed E-state index contributed by atoms with van der Waals surface area (Å²) in [5.74, 6) is -0.130. The van der Waals surface area contributed by atoms with Crippen LogP contribution in [0.2, 0.25) is 5.02 Å². The van der Waals surface area contributed by atoms with Crippen molar-refractivity contribution in [3.63, 3.8) is 0 Å². The lowest BCUT2D eigenvalue weighted by Gasteiger charge is -2.26. The number of nitrogens with one attached hydrogen (secondary N) is 1. The number of aromatic nitrogens is 2. The summed E-state index contributed by atoms with van der Waals surface area (Å²) in [6.45, 7) is 8.26. The van der Waals surface area contributed by atoms with Gasteiger partial charge in [-0.25, -0.2) is 0 Å². The average molecular weight is 299 g/mol. The Hall–Kier alpha value is -1.07. The standard InChI is InChI=1S/C14H23ClN4O/c1-3-19-13(12(15)11(2)17-19)14(20)16-7-10-18-8-5-4-6-9-18/h3-10H2,1-2H3,(H,16,20). The van der Waals surface area contributed by atoms with Crippen molar-refractivity contribution in [1.82, 2.24) is 20.0 Å². The van der Waals surface area contributed by atoms with Crippen molar-refractivity contribution < 1.29 is 4.79 Å². The highest BCUT2D eigenvalue weighted by Gasteiger charge is 2.19. The van der Waals surface area contributed by atoms with Crippen molar-refractivity contribution in [3.05, 3.63) is 16.4 Å². The van der Waals surface area contributed by atoms with E-state index >= 15 is 0 Å². The zero-order valence-electron chi connectivity index (χ0n) is 12.3. The molecule has 20 heavy (non-hydrogen) atoms. The van der Waals surface area contributed by atoms with E-state index in [0.29, 0.717) is 29.5 Å². The van der Waals surface area contributed by atoms with Gasteiger partial charge < -0.3 is 10.2 Å². The van der Waals surface area contributed by atoms with E-state index in [-0.39, 0.29) is 5.91 Å². The molecule has 5 nitrogen and oxygen atoms in total. The van der Waals surface area contributed by atoms with Gasteiger partial charge in [0.15, 0.2) is 0 Å². The largest absolute Gasteiger partial charge is 0.349 e. The molecule has 1 aromatic heterocycles. The second-order valence-electron chi connectivity index (χ2n) is 5.22. The fourth-order valence-corrected chi connectivity index (χ4v) is 2.82. The van der Waals surface area contributed by atoms with Gasteiger partial charge in [0, 0.05) is 19.6 Å². The summed E-state index contributed by atoms with van der Waals surface area (Å²) in [6, 6.07) is 0. The van der Waals surface area contributed by atoms with Gasteiger partial charge in [-0.2, -0.15) is 5.10 Å². The number of halogens is 1. The van der Waals surface area contributed by atoms with Crippen LogP contribution in [0.1, 0.15) is 42.4 Å². The van der Waals surface area contributed by atoms with E-state index in [2.05, 4.69) is 15.3 Å². The smallest absolute Gasteiger partial charge is 0.271 e. The summed E-state index contributed by atoms with van der Waals surface area (Å²) >= 11 is 6.16. The van der Waals surface area contributed by atoms with Gasteiger partial charge in [-0.15, -0.1) is 0 Å². The molecule has 0 radical (unpaired) electrons. The molecule has 1 N–H and O–H groups in total. The normalized spacial score (nSPS) is 16.4. The van der Waals surface area contributed by atoms with Gasteiger partial charge in [0.1, 0.15) is 5.69 Å². The summed E-state index contributed by atoms with van der Waals surface area (Å²) in [5, 5.41) is 7.67. The minimum Gasteiger partial charge on any atom is -0.349 e. The first-order chi connectivity index (χ1) is 9.63. The van der Waals surface area contributed by atoms with E-state index in [1.54, 1.807) is 4.68 Å². The Morgan fingerprint density at radius 2 is 2.05 bits per heavy atom. The SMILES string of the molecule is CCn1nc(C)c(Cl)c1C(=O)NCCN1CCCCC1. The topological polar surface area (TPSA) is 50.2 Å². The summed E-state index contributed by atoms with van der Waals surface area (Å²) in [6.07, 6.45) is 3.86. The molecular formula is C14H23ClN4O. The lowest BCUT2D eigenvalue weighted by Crippen LogP contribution is -2.38. The van der Waals surface area contributed by atoms with Gasteiger partial charge >= 0.3 is 0 Å². The predicted octanol–water partition coefficient (Wildman–Crippen LogP) is 2.08. The number of aryl methyl sites for hydroxylation is 2. The monoisotopic (exact) mass is 298 g/mol. The first kappa shape index (κ1) is 15.3. The van der Waals surface area contributed by atoms with Gasteiger partial charge in [0.2, 0.25) is 0 Å². The second-order valence-corrected chi connectivity index (χ2v) is 5.60. The highest BCUT2D eigenvalue weighted by Crippen LogP contribution is 2.20. The first-order valence-electron chi connectivity index (χ1n) is 7.37. The molecule has 0 atom stereocenters. The van der Waals surface area contributed by atoms with E-state index in [1.165, 1.54) is 19.3 Å². The Bertz CT molecular complexity index is 466. The molecular weight excluding hydrogens is 276 g/mol. The molecule has 0 spiro atoms. The Labute approximate surface area is 125 Å². The van der Waals surface area contributed by atoms with Crippen molar-refractivity contribution in [2.45, 2.75) is 39.7 Å². The number of rotatable bonds is 5. The molecule has 1 fully saturated rings. The molecule has 0 aromatic carbocycles. The molecule has 6 heteroatoms. The summed E-state index contributed by atoms with van der Waals surface area (Å²) in [4.78, 5) is 14.6. The van der Waals surface area contributed by atoms with Crippen LogP contribution in [0.15, 0.2) is 0 Å². The van der Waals surface area contributed by atoms with E-state index < -0.39 is 0 Å². The van der Waals surface area contributed by atoms with Crippen LogP contribution in [-0.2, 0) is 6.54 Å². The number of carbonyl (C=O) groups is 1. The van der Waals surface area contributed by atoms with Crippen LogP contribution >= 0.6 is 11.6 Å². The number of piperidine rings is 1. The Balaban J connectivity index is 1.88. The lowest BCUT2D eigenvalue weighted by molar-refractivity contribution is 0.0936. The highest BCUT2D eigenvalue weighted by atomic mass is 35.5. The molecule has 0 saturated carbocycles. The number of nitrogens with zero attached hydrogens (tertiary/aromatic N) is 3. The van der Waals surface area contributed by atoms with Crippen LogP contribution in [0, 0.1) is 6.92 Å². The molecule has 1 aliphatic heterocycles. The van der Waals surface area contributed by atoms with Crippen LogP contribution in [0.25, 0.3) is 0 Å². The van der Waals surface area contributed by atoms with E-state index in [0.717, 1.165) is 19.6 Å². The summed E-state index contributed by atoms with van der Waals surface area (Å²) < 4.78 is 1.66. The van der Waals surface area contributed by atoms with Crippen LogP contribution in [0.5, 0.6) is 0 Å². The Morgan fingerprint density at radius 1 is 1.35 bits per heavy atom. The van der Waals surface area contributed by atoms with Gasteiger partial charge in [0.05, 0.1) is 10.7 Å². The quantitative estimate of drug-likeness (QED) is 0.905. The van der Waals surface area contributed by atoms with Gasteiger partial charge in [-0.1, -0.05) is 18.0 Å². The zero-order valence-corrected chi connectivity index (χ0v) is 13.0. The van der Waals surface area contributed by atoms with Crippen LogP contribution < -0.4 is 5.32 Å². The number of likely N-dealkylation sites (tertiary alicyclic amines) is 1. The molecule has 0 bridgehead atoms. The predicted molar refractivity (Wildman–Crippen MR) is 80.3 cm³/mol. The molecule has 1 aromatic rings. The lowest BCUT2D eigenvalue weighted by atomic mass is 10.1. The maximum absolute atomic E-state index is 12.2. The maximum Gasteiger partial charge on any atom is 0.271 e. The number of carbonyl (C=O) groups excluding carboxylic acids is 1. The van der Waals surface area contributed by atoms with Gasteiger partial charge in [-0.05, 0) is 39.8 Å². The van der Waals surface area contributed by atoms with E-state index in [4.69, 9.17) is 11.6 Å². The minimum atomic E-state index is -0.130.